The van der Waals surface area contributed by atoms with E-state index in [1.807, 2.05) is 13.8 Å². The molecule has 0 bridgehead atoms. The predicted octanol–water partition coefficient (Wildman–Crippen LogP) is 9.73. The molecule has 0 saturated carbocycles. The molecule has 0 amide bonds. The highest BCUT2D eigenvalue weighted by atomic mass is 19.2. The molecule has 0 saturated heterocycles. The highest BCUT2D eigenvalue weighted by Crippen LogP contribution is 2.30. The van der Waals surface area contributed by atoms with E-state index < -0.39 is 23.6 Å². The second kappa shape index (κ2) is 18.9. The summed E-state index contributed by atoms with van der Waals surface area (Å²) in [6.45, 7) is 8.73. The minimum Gasteiger partial charge on any atom is -0.490 e. The molecular weight excluding hydrogens is 578 g/mol. The highest BCUT2D eigenvalue weighted by Gasteiger charge is 2.18. The van der Waals surface area contributed by atoms with Crippen molar-refractivity contribution < 1.29 is 37.3 Å². The normalized spacial score (nSPS) is 12.4. The van der Waals surface area contributed by atoms with E-state index in [2.05, 4.69) is 13.8 Å². The van der Waals surface area contributed by atoms with E-state index in [4.69, 9.17) is 18.9 Å². The summed E-state index contributed by atoms with van der Waals surface area (Å²) in [5.41, 5.74) is 1.02. The zero-order valence-corrected chi connectivity index (χ0v) is 26.9. The van der Waals surface area contributed by atoms with Crippen molar-refractivity contribution in [3.63, 3.8) is 0 Å². The Bertz CT molecular complexity index is 1340. The molecule has 8 heteroatoms. The van der Waals surface area contributed by atoms with Gasteiger partial charge in [-0.3, -0.25) is 0 Å². The molecule has 3 rings (SSSR count). The van der Waals surface area contributed by atoms with E-state index in [9.17, 15) is 18.4 Å². The molecule has 0 spiro atoms. The molecule has 0 aliphatic heterocycles. The van der Waals surface area contributed by atoms with Crippen molar-refractivity contribution in [3.05, 3.63) is 83.4 Å². The van der Waals surface area contributed by atoms with Gasteiger partial charge in [0.1, 0.15) is 12.4 Å². The number of ether oxygens (including phenoxy) is 4. The van der Waals surface area contributed by atoms with E-state index >= 15 is 0 Å². The maximum absolute atomic E-state index is 14.9. The first-order chi connectivity index (χ1) is 21.8. The molecule has 0 aliphatic carbocycles. The Morgan fingerprint density at radius 2 is 1.38 bits per heavy atom. The summed E-state index contributed by atoms with van der Waals surface area (Å²) in [7, 11) is 0. The first-order valence-corrected chi connectivity index (χ1v) is 16.1. The van der Waals surface area contributed by atoms with Crippen LogP contribution < -0.4 is 9.47 Å². The van der Waals surface area contributed by atoms with Crippen LogP contribution in [0.25, 0.3) is 11.1 Å². The molecule has 45 heavy (non-hydrogen) atoms. The number of unbranched alkanes of at least 4 members (excludes halogenated alkanes) is 5. The van der Waals surface area contributed by atoms with Crippen molar-refractivity contribution in [2.24, 2.45) is 0 Å². The molecule has 3 aromatic carbocycles. The van der Waals surface area contributed by atoms with Gasteiger partial charge >= 0.3 is 11.9 Å². The van der Waals surface area contributed by atoms with Crippen LogP contribution >= 0.6 is 0 Å². The Labute approximate surface area is 266 Å². The summed E-state index contributed by atoms with van der Waals surface area (Å²) >= 11 is 0. The summed E-state index contributed by atoms with van der Waals surface area (Å²) in [6.07, 6.45) is 9.03. The smallest absolute Gasteiger partial charge is 0.343 e. The number of benzene rings is 3. The van der Waals surface area contributed by atoms with Crippen molar-refractivity contribution >= 4 is 11.9 Å². The van der Waals surface area contributed by atoms with E-state index in [0.29, 0.717) is 17.7 Å². The zero-order chi connectivity index (χ0) is 32.6. The van der Waals surface area contributed by atoms with Gasteiger partial charge in [-0.05, 0) is 80.3 Å². The maximum Gasteiger partial charge on any atom is 0.343 e. The minimum atomic E-state index is -1.03. The number of carbonyl (C=O) groups is 2. The molecule has 0 radical (unpaired) electrons. The van der Waals surface area contributed by atoms with Crippen LogP contribution in [0, 0.1) is 11.6 Å². The van der Waals surface area contributed by atoms with Gasteiger partial charge in [0.25, 0.3) is 0 Å². The van der Waals surface area contributed by atoms with Crippen LogP contribution in [0.1, 0.15) is 106 Å². The molecule has 0 heterocycles. The quantitative estimate of drug-likeness (QED) is 0.0751. The fourth-order valence-electron chi connectivity index (χ4n) is 4.85. The Hall–Kier alpha value is -3.78. The Kier molecular flexibility index (Phi) is 15.0. The Balaban J connectivity index is 1.52. The summed E-state index contributed by atoms with van der Waals surface area (Å²) in [5.74, 6) is -3.03. The number of carbonyl (C=O) groups excluding carboxylic acids is 2. The van der Waals surface area contributed by atoms with Crippen molar-refractivity contribution in [2.45, 2.75) is 97.7 Å². The topological polar surface area (TPSA) is 71.1 Å². The fourth-order valence-corrected chi connectivity index (χ4v) is 4.85. The number of esters is 2. The highest BCUT2D eigenvalue weighted by molar-refractivity contribution is 5.92. The van der Waals surface area contributed by atoms with E-state index in [-0.39, 0.29) is 41.4 Å². The number of halogens is 2. The van der Waals surface area contributed by atoms with Gasteiger partial charge in [-0.25, -0.2) is 14.0 Å². The number of hydrogen-bond acceptors (Lipinski definition) is 6. The Morgan fingerprint density at radius 3 is 2.04 bits per heavy atom. The van der Waals surface area contributed by atoms with Gasteiger partial charge in [0.05, 0.1) is 29.9 Å². The van der Waals surface area contributed by atoms with Gasteiger partial charge in [-0.2, -0.15) is 4.39 Å². The van der Waals surface area contributed by atoms with Gasteiger partial charge in [-0.1, -0.05) is 71.4 Å². The second-order valence-electron chi connectivity index (χ2n) is 11.2. The molecular formula is C37H46F2O6. The van der Waals surface area contributed by atoms with Gasteiger partial charge in [0.2, 0.25) is 5.82 Å². The maximum atomic E-state index is 14.9. The van der Waals surface area contributed by atoms with Gasteiger partial charge in [0.15, 0.2) is 11.6 Å². The van der Waals surface area contributed by atoms with Gasteiger partial charge < -0.3 is 18.9 Å². The zero-order valence-electron chi connectivity index (χ0n) is 26.9. The average Bonchev–Trinajstić information content (AvgIpc) is 3.05. The second-order valence-corrected chi connectivity index (χ2v) is 11.2. The first kappa shape index (κ1) is 35.7. The SMILES string of the molecule is CCCCCCCCOc1ccc(-c2ccc(C(=O)Oc3ccc(C(=O)OC[C@H](CC)OC(C)CCC)cc3)cc2)c(F)c1F. The molecule has 3 aromatic rings. The van der Waals surface area contributed by atoms with Crippen molar-refractivity contribution in [2.75, 3.05) is 13.2 Å². The summed E-state index contributed by atoms with van der Waals surface area (Å²) in [4.78, 5) is 25.2. The van der Waals surface area contributed by atoms with Crippen LogP contribution in [-0.2, 0) is 9.47 Å². The van der Waals surface area contributed by atoms with E-state index in [1.165, 1.54) is 79.9 Å². The van der Waals surface area contributed by atoms with Crippen molar-refractivity contribution in [1.29, 1.82) is 0 Å². The predicted molar refractivity (Wildman–Crippen MR) is 172 cm³/mol. The molecule has 0 fully saturated rings. The lowest BCUT2D eigenvalue weighted by molar-refractivity contribution is -0.0444. The molecule has 1 unspecified atom stereocenters. The molecule has 6 nitrogen and oxygen atoms in total. The van der Waals surface area contributed by atoms with Gasteiger partial charge in [-0.15, -0.1) is 0 Å². The average molecular weight is 625 g/mol. The van der Waals surface area contributed by atoms with Gasteiger partial charge in [0, 0.05) is 5.56 Å². The van der Waals surface area contributed by atoms with Crippen LogP contribution in [0.4, 0.5) is 8.78 Å². The van der Waals surface area contributed by atoms with E-state index in [0.717, 1.165) is 38.5 Å². The number of hydrogen-bond donors (Lipinski definition) is 0. The van der Waals surface area contributed by atoms with Crippen LogP contribution in [0.3, 0.4) is 0 Å². The Morgan fingerprint density at radius 1 is 0.733 bits per heavy atom. The van der Waals surface area contributed by atoms with Crippen molar-refractivity contribution in [3.8, 4) is 22.6 Å². The molecule has 0 aromatic heterocycles. The third kappa shape index (κ3) is 11.3. The summed E-state index contributed by atoms with van der Waals surface area (Å²) in [5, 5.41) is 0. The standard InChI is InChI=1S/C37H46F2O6/c1-5-8-9-10-11-12-24-42-33-23-22-32(34(38)35(33)39)27-14-16-29(17-15-27)37(41)45-31-20-18-28(19-21-31)36(40)43-25-30(7-3)44-26(4)13-6-2/h14-23,26,30H,5-13,24-25H2,1-4H3/t26?,30-/m0/s1. The van der Waals surface area contributed by atoms with Crippen LogP contribution in [-0.4, -0.2) is 37.4 Å². The first-order valence-electron chi connectivity index (χ1n) is 16.1. The van der Waals surface area contributed by atoms with Crippen LogP contribution in [0.2, 0.25) is 0 Å². The third-order valence-corrected chi connectivity index (χ3v) is 7.51. The fraction of sp³-hybridized carbons (Fsp3) is 0.459. The molecule has 0 aliphatic rings. The van der Waals surface area contributed by atoms with Crippen molar-refractivity contribution in [1.82, 2.24) is 0 Å². The monoisotopic (exact) mass is 624 g/mol. The van der Waals surface area contributed by atoms with Crippen LogP contribution in [0.5, 0.6) is 11.5 Å². The summed E-state index contributed by atoms with van der Waals surface area (Å²) in [6, 6.07) is 15.0. The summed E-state index contributed by atoms with van der Waals surface area (Å²) < 4.78 is 51.9. The van der Waals surface area contributed by atoms with E-state index in [1.54, 1.807) is 0 Å². The third-order valence-electron chi connectivity index (χ3n) is 7.51. The lowest BCUT2D eigenvalue weighted by Gasteiger charge is -2.21. The molecule has 0 N–H and O–H groups in total. The minimum absolute atomic E-state index is 0.0640. The largest absolute Gasteiger partial charge is 0.490 e. The lowest BCUT2D eigenvalue weighted by Crippen LogP contribution is -2.25. The number of rotatable bonds is 19. The molecule has 244 valence electrons. The lowest BCUT2D eigenvalue weighted by atomic mass is 10.0. The van der Waals surface area contributed by atoms with Crippen LogP contribution in [0.15, 0.2) is 60.7 Å². The molecule has 2 atom stereocenters.